The van der Waals surface area contributed by atoms with Gasteiger partial charge in [0.25, 0.3) is 0 Å². The predicted octanol–water partition coefficient (Wildman–Crippen LogP) is 2.22. The molecule has 0 atom stereocenters. The number of amides is 1. The van der Waals surface area contributed by atoms with Gasteiger partial charge in [0.05, 0.1) is 16.4 Å². The van der Waals surface area contributed by atoms with E-state index in [0.717, 1.165) is 19.9 Å². The Morgan fingerprint density at radius 3 is 2.67 bits per heavy atom. The van der Waals surface area contributed by atoms with Gasteiger partial charge in [-0.25, -0.2) is 4.98 Å². The summed E-state index contributed by atoms with van der Waals surface area (Å²) in [5, 5.41) is 1.70. The summed E-state index contributed by atoms with van der Waals surface area (Å²) >= 11 is 2.25. The number of carbonyl (C=O) groups is 1. The summed E-state index contributed by atoms with van der Waals surface area (Å²) in [7, 11) is 0. The maximum atomic E-state index is 12.4. The molecule has 0 unspecified atom stereocenters. The number of halogens is 1. The van der Waals surface area contributed by atoms with Crippen molar-refractivity contribution in [3.63, 3.8) is 0 Å². The zero-order valence-corrected chi connectivity index (χ0v) is 15.7. The van der Waals surface area contributed by atoms with Crippen LogP contribution in [0.15, 0.2) is 18.3 Å². The summed E-state index contributed by atoms with van der Waals surface area (Å²) < 4.78 is 2.94. The van der Waals surface area contributed by atoms with Crippen molar-refractivity contribution in [1.82, 2.24) is 19.4 Å². The molecule has 0 radical (unpaired) electrons. The van der Waals surface area contributed by atoms with Gasteiger partial charge in [-0.3, -0.25) is 4.79 Å². The second-order valence-electron chi connectivity index (χ2n) is 5.49. The third-order valence-electron chi connectivity index (χ3n) is 4.13. The lowest BCUT2D eigenvalue weighted by Gasteiger charge is -2.19. The zero-order valence-electron chi connectivity index (χ0n) is 13.6. The number of hydrogen-bond acceptors (Lipinski definition) is 5. The summed E-state index contributed by atoms with van der Waals surface area (Å²) in [5.41, 5.74) is 13.4. The predicted molar refractivity (Wildman–Crippen MR) is 105 cm³/mol. The van der Waals surface area contributed by atoms with Crippen molar-refractivity contribution in [1.29, 1.82) is 0 Å². The molecule has 0 saturated carbocycles. The Hall–Kier alpha value is -2.10. The highest BCUT2D eigenvalue weighted by Crippen LogP contribution is 2.32. The van der Waals surface area contributed by atoms with Gasteiger partial charge in [-0.2, -0.15) is 4.98 Å². The van der Waals surface area contributed by atoms with Gasteiger partial charge in [0.1, 0.15) is 12.4 Å². The molecule has 0 aliphatic rings. The number of benzene rings is 1. The Labute approximate surface area is 153 Å². The monoisotopic (exact) mass is 438 g/mol. The molecule has 0 aliphatic carbocycles. The third kappa shape index (κ3) is 2.74. The molecular formula is C16H19IN6O. The molecule has 1 aromatic carbocycles. The third-order valence-corrected chi connectivity index (χ3v) is 4.95. The van der Waals surface area contributed by atoms with Gasteiger partial charge in [0, 0.05) is 28.2 Å². The van der Waals surface area contributed by atoms with E-state index in [1.807, 2.05) is 41.6 Å². The first-order valence-electron chi connectivity index (χ1n) is 7.74. The van der Waals surface area contributed by atoms with Crippen LogP contribution in [0.1, 0.15) is 13.8 Å². The minimum atomic E-state index is 0.0925. The second-order valence-corrected chi connectivity index (χ2v) is 6.65. The van der Waals surface area contributed by atoms with Crippen molar-refractivity contribution in [2.24, 2.45) is 0 Å². The fourth-order valence-electron chi connectivity index (χ4n) is 2.98. The van der Waals surface area contributed by atoms with Crippen molar-refractivity contribution in [3.05, 3.63) is 21.9 Å². The largest absolute Gasteiger partial charge is 0.383 e. The lowest BCUT2D eigenvalue weighted by atomic mass is 10.1. The van der Waals surface area contributed by atoms with E-state index in [-0.39, 0.29) is 11.9 Å². The number of nitrogens with two attached hydrogens (primary N) is 2. The molecule has 0 aliphatic heterocycles. The standard InChI is InChI=1S/C16H19IN6O/c1-3-22(4-2)12(24)8-23-6-5-9-13-11(7-10(17)14(9)23)20-16(19)21-15(13)18/h5-7H,3-4,8H2,1-2H3,(H4,18,19,20,21). The van der Waals surface area contributed by atoms with E-state index in [1.165, 1.54) is 0 Å². The van der Waals surface area contributed by atoms with E-state index in [4.69, 9.17) is 11.5 Å². The molecule has 3 aromatic rings. The summed E-state index contributed by atoms with van der Waals surface area (Å²) in [6, 6.07) is 3.87. The summed E-state index contributed by atoms with van der Waals surface area (Å²) in [6.07, 6.45) is 1.91. The minimum absolute atomic E-state index is 0.0925. The Morgan fingerprint density at radius 1 is 1.29 bits per heavy atom. The molecule has 0 fully saturated rings. The number of likely N-dealkylation sites (N-methyl/N-ethyl adjacent to an activating group) is 1. The number of nitrogens with zero attached hydrogens (tertiary/aromatic N) is 4. The first-order valence-corrected chi connectivity index (χ1v) is 8.81. The molecule has 24 heavy (non-hydrogen) atoms. The Morgan fingerprint density at radius 2 is 2.00 bits per heavy atom. The molecule has 0 saturated heterocycles. The molecule has 0 bridgehead atoms. The number of nitrogen functional groups attached to an aromatic ring is 2. The highest BCUT2D eigenvalue weighted by molar-refractivity contribution is 14.1. The van der Waals surface area contributed by atoms with Crippen LogP contribution in [0.25, 0.3) is 21.8 Å². The molecule has 7 nitrogen and oxygen atoms in total. The quantitative estimate of drug-likeness (QED) is 0.609. The van der Waals surface area contributed by atoms with E-state index in [2.05, 4.69) is 32.6 Å². The van der Waals surface area contributed by atoms with Crippen molar-refractivity contribution >= 4 is 62.1 Å². The van der Waals surface area contributed by atoms with Gasteiger partial charge in [-0.15, -0.1) is 0 Å². The minimum Gasteiger partial charge on any atom is -0.383 e. The van der Waals surface area contributed by atoms with E-state index < -0.39 is 0 Å². The van der Waals surface area contributed by atoms with Crippen molar-refractivity contribution in [2.45, 2.75) is 20.4 Å². The summed E-state index contributed by atoms with van der Waals surface area (Å²) in [4.78, 5) is 22.6. The Kier molecular flexibility index (Phi) is 4.48. The number of hydrogen-bond donors (Lipinski definition) is 2. The second kappa shape index (κ2) is 6.42. The molecule has 126 valence electrons. The van der Waals surface area contributed by atoms with Crippen LogP contribution in [0.4, 0.5) is 11.8 Å². The van der Waals surface area contributed by atoms with Crippen LogP contribution in [0.3, 0.4) is 0 Å². The van der Waals surface area contributed by atoms with Gasteiger partial charge in [-0.1, -0.05) is 0 Å². The molecule has 4 N–H and O–H groups in total. The maximum absolute atomic E-state index is 12.4. The van der Waals surface area contributed by atoms with Gasteiger partial charge < -0.3 is 20.9 Å². The van der Waals surface area contributed by atoms with Gasteiger partial charge in [-0.05, 0) is 48.6 Å². The van der Waals surface area contributed by atoms with Crippen molar-refractivity contribution in [2.75, 3.05) is 24.6 Å². The fourth-order valence-corrected chi connectivity index (χ4v) is 3.87. The number of rotatable bonds is 4. The summed E-state index contributed by atoms with van der Waals surface area (Å²) in [5.74, 6) is 0.605. The normalized spacial score (nSPS) is 11.3. The number of fused-ring (bicyclic) bond motifs is 3. The molecule has 2 aromatic heterocycles. The van der Waals surface area contributed by atoms with Crippen molar-refractivity contribution < 1.29 is 4.79 Å². The lowest BCUT2D eigenvalue weighted by Crippen LogP contribution is -2.33. The van der Waals surface area contributed by atoms with E-state index in [9.17, 15) is 4.79 Å². The average molecular weight is 438 g/mol. The number of anilines is 2. The van der Waals surface area contributed by atoms with Crippen LogP contribution in [0.5, 0.6) is 0 Å². The highest BCUT2D eigenvalue weighted by Gasteiger charge is 2.17. The van der Waals surface area contributed by atoms with Gasteiger partial charge in [0.2, 0.25) is 11.9 Å². The van der Waals surface area contributed by atoms with Crippen LogP contribution in [0.2, 0.25) is 0 Å². The van der Waals surface area contributed by atoms with Crippen LogP contribution in [0, 0.1) is 3.57 Å². The lowest BCUT2D eigenvalue weighted by molar-refractivity contribution is -0.131. The van der Waals surface area contributed by atoms with E-state index >= 15 is 0 Å². The molecular weight excluding hydrogens is 419 g/mol. The van der Waals surface area contributed by atoms with Crippen LogP contribution < -0.4 is 11.5 Å². The van der Waals surface area contributed by atoms with E-state index in [0.29, 0.717) is 31.0 Å². The number of aromatic nitrogens is 3. The zero-order chi connectivity index (χ0) is 17.4. The van der Waals surface area contributed by atoms with Gasteiger partial charge >= 0.3 is 0 Å². The molecule has 8 heteroatoms. The van der Waals surface area contributed by atoms with E-state index in [1.54, 1.807) is 0 Å². The first-order chi connectivity index (χ1) is 11.5. The Bertz CT molecular complexity index is 931. The summed E-state index contributed by atoms with van der Waals surface area (Å²) in [6.45, 7) is 5.66. The number of carbonyl (C=O) groups excluding carboxylic acids is 1. The molecule has 2 heterocycles. The van der Waals surface area contributed by atoms with Crippen LogP contribution in [-0.2, 0) is 11.3 Å². The SMILES string of the molecule is CCN(CC)C(=O)Cn1ccc2c3c(N)nc(N)nc3cc(I)c21. The maximum Gasteiger partial charge on any atom is 0.242 e. The molecule has 3 rings (SSSR count). The smallest absolute Gasteiger partial charge is 0.242 e. The average Bonchev–Trinajstić information content (AvgIpc) is 2.92. The fraction of sp³-hybridized carbons (Fsp3) is 0.312. The molecule has 0 spiro atoms. The Balaban J connectivity index is 2.16. The topological polar surface area (TPSA) is 103 Å². The molecule has 1 amide bonds. The van der Waals surface area contributed by atoms with Crippen LogP contribution >= 0.6 is 22.6 Å². The first kappa shape index (κ1) is 16.7. The highest BCUT2D eigenvalue weighted by atomic mass is 127. The van der Waals surface area contributed by atoms with Gasteiger partial charge in [0.15, 0.2) is 0 Å². The van der Waals surface area contributed by atoms with Crippen LogP contribution in [-0.4, -0.2) is 38.4 Å². The van der Waals surface area contributed by atoms with Crippen molar-refractivity contribution in [3.8, 4) is 0 Å².